The van der Waals surface area contributed by atoms with E-state index in [1.807, 2.05) is 6.20 Å². The van der Waals surface area contributed by atoms with Crippen LogP contribution in [0.5, 0.6) is 0 Å². The van der Waals surface area contributed by atoms with Gasteiger partial charge in [0.2, 0.25) is 0 Å². The first kappa shape index (κ1) is 13.7. The molecule has 3 heterocycles. The highest BCUT2D eigenvalue weighted by molar-refractivity contribution is 9.10. The Morgan fingerprint density at radius 3 is 3.05 bits per heavy atom. The number of halogens is 2. The predicted molar refractivity (Wildman–Crippen MR) is 82.9 cm³/mol. The summed E-state index contributed by atoms with van der Waals surface area (Å²) in [6.45, 7) is 4.59. The van der Waals surface area contributed by atoms with Gasteiger partial charge in [-0.2, -0.15) is 0 Å². The van der Waals surface area contributed by atoms with Crippen LogP contribution in [0.2, 0.25) is 0 Å². The minimum absolute atomic E-state index is 0.520. The van der Waals surface area contributed by atoms with E-state index in [-0.39, 0.29) is 0 Å². The molecule has 0 aromatic carbocycles. The van der Waals surface area contributed by atoms with Gasteiger partial charge in [-0.15, -0.1) is 11.6 Å². The number of piperazine rings is 1. The zero-order valence-corrected chi connectivity index (χ0v) is 13.3. The second-order valence-electron chi connectivity index (χ2n) is 5.40. The van der Waals surface area contributed by atoms with Gasteiger partial charge in [0, 0.05) is 41.9 Å². The molecule has 0 radical (unpaired) electrons. The smallest absolute Gasteiger partial charge is 0.133 e. The molecular weight excluding hydrogens is 326 g/mol. The lowest BCUT2D eigenvalue weighted by molar-refractivity contribution is 0.133. The van der Waals surface area contributed by atoms with Crippen molar-refractivity contribution in [2.75, 3.05) is 31.1 Å². The summed E-state index contributed by atoms with van der Waals surface area (Å²) < 4.78 is 1.00. The quantitative estimate of drug-likeness (QED) is 0.768. The summed E-state index contributed by atoms with van der Waals surface area (Å²) in [5, 5.41) is 0. The SMILES string of the molecule is ClCc1cc(Br)cnc1N1CCN2CCCCC2C1. The van der Waals surface area contributed by atoms with Gasteiger partial charge in [0.15, 0.2) is 0 Å². The Bertz CT molecular complexity index is 454. The third-order valence-electron chi connectivity index (χ3n) is 4.19. The number of anilines is 1. The average molecular weight is 345 g/mol. The lowest BCUT2D eigenvalue weighted by atomic mass is 9.99. The third-order valence-corrected chi connectivity index (χ3v) is 4.91. The Morgan fingerprint density at radius 2 is 2.21 bits per heavy atom. The summed E-state index contributed by atoms with van der Waals surface area (Å²) in [5.74, 6) is 1.59. The third kappa shape index (κ3) is 2.91. The summed E-state index contributed by atoms with van der Waals surface area (Å²) in [4.78, 5) is 9.64. The van der Waals surface area contributed by atoms with Gasteiger partial charge in [0.25, 0.3) is 0 Å². The number of alkyl halides is 1. The molecule has 104 valence electrons. The first-order chi connectivity index (χ1) is 9.28. The van der Waals surface area contributed by atoms with E-state index in [1.165, 1.54) is 25.8 Å². The van der Waals surface area contributed by atoms with Gasteiger partial charge in [-0.1, -0.05) is 6.42 Å². The molecule has 0 amide bonds. The van der Waals surface area contributed by atoms with Gasteiger partial charge in [-0.25, -0.2) is 4.98 Å². The fourth-order valence-electron chi connectivity index (χ4n) is 3.21. The minimum atomic E-state index is 0.520. The van der Waals surface area contributed by atoms with Crippen LogP contribution in [-0.2, 0) is 5.88 Å². The summed E-state index contributed by atoms with van der Waals surface area (Å²) in [7, 11) is 0. The molecule has 3 rings (SSSR count). The van der Waals surface area contributed by atoms with Crippen molar-refractivity contribution >= 4 is 33.3 Å². The van der Waals surface area contributed by atoms with Gasteiger partial charge in [-0.3, -0.25) is 4.90 Å². The molecule has 1 aromatic rings. The molecule has 3 nitrogen and oxygen atoms in total. The van der Waals surface area contributed by atoms with E-state index in [4.69, 9.17) is 11.6 Å². The molecule has 19 heavy (non-hydrogen) atoms. The van der Waals surface area contributed by atoms with Crippen molar-refractivity contribution in [3.63, 3.8) is 0 Å². The number of piperidine rings is 1. The lowest BCUT2D eigenvalue weighted by Crippen LogP contribution is -2.55. The molecule has 2 fully saturated rings. The lowest BCUT2D eigenvalue weighted by Gasteiger charge is -2.44. The van der Waals surface area contributed by atoms with Crippen LogP contribution in [0.25, 0.3) is 0 Å². The molecule has 2 aliphatic heterocycles. The number of nitrogens with zero attached hydrogens (tertiary/aromatic N) is 3. The van der Waals surface area contributed by atoms with Crippen molar-refractivity contribution in [2.45, 2.75) is 31.2 Å². The van der Waals surface area contributed by atoms with Gasteiger partial charge < -0.3 is 4.90 Å². The van der Waals surface area contributed by atoms with Crippen LogP contribution >= 0.6 is 27.5 Å². The number of rotatable bonds is 2. The molecule has 0 spiro atoms. The summed E-state index contributed by atoms with van der Waals surface area (Å²) >= 11 is 9.53. The molecular formula is C14H19BrClN3. The fourth-order valence-corrected chi connectivity index (χ4v) is 3.78. The van der Waals surface area contributed by atoms with Crippen LogP contribution in [0.4, 0.5) is 5.82 Å². The van der Waals surface area contributed by atoms with Crippen LogP contribution < -0.4 is 4.90 Å². The van der Waals surface area contributed by atoms with Crippen LogP contribution in [0.3, 0.4) is 0 Å². The highest BCUT2D eigenvalue weighted by Gasteiger charge is 2.30. The van der Waals surface area contributed by atoms with Crippen molar-refractivity contribution in [1.29, 1.82) is 0 Å². The monoisotopic (exact) mass is 343 g/mol. The molecule has 0 saturated carbocycles. The van der Waals surface area contributed by atoms with Gasteiger partial charge in [-0.05, 0) is 41.4 Å². The van der Waals surface area contributed by atoms with E-state index in [0.29, 0.717) is 11.9 Å². The first-order valence-electron chi connectivity index (χ1n) is 6.97. The molecule has 2 saturated heterocycles. The summed E-state index contributed by atoms with van der Waals surface area (Å²) in [5.41, 5.74) is 1.13. The molecule has 0 N–H and O–H groups in total. The number of hydrogen-bond acceptors (Lipinski definition) is 3. The standard InChI is InChI=1S/C14H19BrClN3/c15-12-7-11(8-16)14(17-9-12)19-6-5-18-4-2-1-3-13(18)10-19/h7,9,13H,1-6,8,10H2. The molecule has 5 heteroatoms. The van der Waals surface area contributed by atoms with Crippen molar-refractivity contribution in [1.82, 2.24) is 9.88 Å². The average Bonchev–Trinajstić information content (AvgIpc) is 2.46. The van der Waals surface area contributed by atoms with E-state index in [0.717, 1.165) is 35.5 Å². The zero-order valence-electron chi connectivity index (χ0n) is 11.0. The van der Waals surface area contributed by atoms with Crippen molar-refractivity contribution in [3.8, 4) is 0 Å². The van der Waals surface area contributed by atoms with E-state index in [9.17, 15) is 0 Å². The highest BCUT2D eigenvalue weighted by atomic mass is 79.9. The maximum Gasteiger partial charge on any atom is 0.133 e. The van der Waals surface area contributed by atoms with Gasteiger partial charge >= 0.3 is 0 Å². The molecule has 0 aliphatic carbocycles. The zero-order chi connectivity index (χ0) is 13.2. The van der Waals surface area contributed by atoms with Crippen LogP contribution in [-0.4, -0.2) is 42.1 Å². The van der Waals surface area contributed by atoms with Crippen molar-refractivity contribution in [3.05, 3.63) is 22.3 Å². The van der Waals surface area contributed by atoms with E-state index >= 15 is 0 Å². The fraction of sp³-hybridized carbons (Fsp3) is 0.643. The first-order valence-corrected chi connectivity index (χ1v) is 8.30. The number of aromatic nitrogens is 1. The van der Waals surface area contributed by atoms with Crippen LogP contribution in [0, 0.1) is 0 Å². The Kier molecular flexibility index (Phi) is 4.30. The normalized spacial score (nSPS) is 24.3. The molecule has 1 atom stereocenters. The molecule has 1 unspecified atom stereocenters. The van der Waals surface area contributed by atoms with Crippen LogP contribution in [0.1, 0.15) is 24.8 Å². The van der Waals surface area contributed by atoms with Gasteiger partial charge in [0.1, 0.15) is 5.82 Å². The Labute approximate surface area is 128 Å². The van der Waals surface area contributed by atoms with E-state index in [2.05, 4.69) is 36.8 Å². The topological polar surface area (TPSA) is 19.4 Å². The predicted octanol–water partition coefficient (Wildman–Crippen LogP) is 3.26. The summed E-state index contributed by atoms with van der Waals surface area (Å²) in [6, 6.07) is 2.79. The second-order valence-corrected chi connectivity index (χ2v) is 6.58. The molecule has 2 aliphatic rings. The van der Waals surface area contributed by atoms with Crippen molar-refractivity contribution < 1.29 is 0 Å². The maximum atomic E-state index is 6.06. The van der Waals surface area contributed by atoms with E-state index in [1.54, 1.807) is 0 Å². The highest BCUT2D eigenvalue weighted by Crippen LogP contribution is 2.28. The summed E-state index contributed by atoms with van der Waals surface area (Å²) in [6.07, 6.45) is 5.92. The van der Waals surface area contributed by atoms with Gasteiger partial charge in [0.05, 0.1) is 5.88 Å². The number of hydrogen-bond donors (Lipinski definition) is 0. The van der Waals surface area contributed by atoms with Crippen LogP contribution in [0.15, 0.2) is 16.7 Å². The Morgan fingerprint density at radius 1 is 1.32 bits per heavy atom. The Balaban J connectivity index is 1.79. The van der Waals surface area contributed by atoms with E-state index < -0.39 is 0 Å². The molecule has 1 aromatic heterocycles. The Hall–Kier alpha value is -0.320. The van der Waals surface area contributed by atoms with Crippen molar-refractivity contribution in [2.24, 2.45) is 0 Å². The number of pyridine rings is 1. The second kappa shape index (κ2) is 5.98. The maximum absolute atomic E-state index is 6.06. The molecule has 0 bridgehead atoms. The minimum Gasteiger partial charge on any atom is -0.354 e. The largest absolute Gasteiger partial charge is 0.354 e. The number of fused-ring (bicyclic) bond motifs is 1.